The van der Waals surface area contributed by atoms with Crippen LogP contribution >= 0.6 is 15.9 Å². The first-order valence-corrected chi connectivity index (χ1v) is 6.14. The number of carbonyl (C=O) groups is 1. The second-order valence-corrected chi connectivity index (χ2v) is 5.23. The van der Waals surface area contributed by atoms with E-state index >= 15 is 0 Å². The van der Waals surface area contributed by atoms with Crippen molar-refractivity contribution in [2.75, 3.05) is 0 Å². The number of rotatable bonds is 1. The summed E-state index contributed by atoms with van der Waals surface area (Å²) in [4.78, 5) is 12.0. The average molecular weight is 301 g/mol. The number of phenolic OH excluding ortho intramolecular Hbond substituents is 2. The number of ether oxygens (including phenoxy) is 1. The topological polar surface area (TPSA) is 66.8 Å². The molecule has 1 atom stereocenters. The Morgan fingerprint density at radius 2 is 2.12 bits per heavy atom. The molecule has 2 N–H and O–H groups in total. The van der Waals surface area contributed by atoms with Gasteiger partial charge in [0.1, 0.15) is 27.1 Å². The highest BCUT2D eigenvalue weighted by Crippen LogP contribution is 2.47. The normalized spacial score (nSPS) is 23.1. The quantitative estimate of drug-likeness (QED) is 0.837. The highest BCUT2D eigenvalue weighted by atomic mass is 79.9. The molecule has 4 nitrogen and oxygen atoms in total. The van der Waals surface area contributed by atoms with Crippen molar-refractivity contribution in [3.05, 3.63) is 16.1 Å². The first-order chi connectivity index (χ1) is 7.88. The summed E-state index contributed by atoms with van der Waals surface area (Å²) in [5.41, 5.74) is -0.451. The Morgan fingerprint density at radius 3 is 2.71 bits per heavy atom. The van der Waals surface area contributed by atoms with Gasteiger partial charge in [-0.15, -0.1) is 0 Å². The van der Waals surface area contributed by atoms with Gasteiger partial charge in [-0.1, -0.05) is 6.92 Å². The van der Waals surface area contributed by atoms with Crippen molar-refractivity contribution in [3.8, 4) is 17.2 Å². The second-order valence-electron chi connectivity index (χ2n) is 4.44. The lowest BCUT2D eigenvalue weighted by Gasteiger charge is -2.34. The van der Waals surface area contributed by atoms with Crippen LogP contribution in [0.4, 0.5) is 0 Å². The van der Waals surface area contributed by atoms with E-state index in [0.717, 1.165) is 6.07 Å². The first-order valence-electron chi connectivity index (χ1n) is 5.34. The van der Waals surface area contributed by atoms with Crippen molar-refractivity contribution in [1.29, 1.82) is 0 Å². The van der Waals surface area contributed by atoms with E-state index in [4.69, 9.17) is 4.74 Å². The van der Waals surface area contributed by atoms with Crippen molar-refractivity contribution in [2.45, 2.75) is 32.3 Å². The molecular weight excluding hydrogens is 288 g/mol. The van der Waals surface area contributed by atoms with Gasteiger partial charge >= 0.3 is 0 Å². The maximum atomic E-state index is 12.0. The molecule has 0 bridgehead atoms. The number of ketones is 1. The molecule has 0 saturated carbocycles. The minimum absolute atomic E-state index is 0.139. The largest absolute Gasteiger partial charge is 0.507 e. The molecule has 1 aliphatic heterocycles. The summed E-state index contributed by atoms with van der Waals surface area (Å²) in [5.74, 6) is -0.338. The second kappa shape index (κ2) is 3.91. The number of phenols is 2. The third kappa shape index (κ3) is 1.88. The van der Waals surface area contributed by atoms with E-state index in [1.807, 2.05) is 13.8 Å². The molecule has 1 aromatic rings. The van der Waals surface area contributed by atoms with Gasteiger partial charge < -0.3 is 14.9 Å². The predicted octanol–water partition coefficient (Wildman–Crippen LogP) is 2.99. The van der Waals surface area contributed by atoms with Gasteiger partial charge in [-0.3, -0.25) is 4.79 Å². The summed E-state index contributed by atoms with van der Waals surface area (Å²) in [5, 5.41) is 19.3. The number of carbonyl (C=O) groups excluding carboxylic acids is 1. The number of hydrogen-bond donors (Lipinski definition) is 2. The predicted molar refractivity (Wildman–Crippen MR) is 65.7 cm³/mol. The summed E-state index contributed by atoms with van der Waals surface area (Å²) < 4.78 is 6.05. The zero-order valence-corrected chi connectivity index (χ0v) is 11.2. The monoisotopic (exact) mass is 300 g/mol. The molecule has 0 aromatic heterocycles. The highest BCUT2D eigenvalue weighted by Gasteiger charge is 2.38. The summed E-state index contributed by atoms with van der Waals surface area (Å²) in [7, 11) is 0. The minimum atomic E-state index is -0.590. The molecule has 1 unspecified atom stereocenters. The molecule has 1 aliphatic rings. The summed E-state index contributed by atoms with van der Waals surface area (Å²) in [6.45, 7) is 3.76. The molecule has 0 amide bonds. The molecular formula is C12H13BrO4. The Labute approximate surface area is 107 Å². The van der Waals surface area contributed by atoms with Crippen LogP contribution in [-0.4, -0.2) is 21.6 Å². The number of hydrogen-bond acceptors (Lipinski definition) is 4. The van der Waals surface area contributed by atoms with Gasteiger partial charge in [0.2, 0.25) is 0 Å². The van der Waals surface area contributed by atoms with Gasteiger partial charge in [0.25, 0.3) is 0 Å². The van der Waals surface area contributed by atoms with Crippen LogP contribution in [0.2, 0.25) is 0 Å². The van der Waals surface area contributed by atoms with E-state index in [9.17, 15) is 15.0 Å². The minimum Gasteiger partial charge on any atom is -0.507 e. The van der Waals surface area contributed by atoms with Crippen molar-refractivity contribution in [2.24, 2.45) is 0 Å². The lowest BCUT2D eigenvalue weighted by Crippen LogP contribution is -2.38. The molecule has 5 heteroatoms. The van der Waals surface area contributed by atoms with E-state index in [1.165, 1.54) is 0 Å². The van der Waals surface area contributed by atoms with Crippen LogP contribution in [-0.2, 0) is 0 Å². The van der Waals surface area contributed by atoms with Gasteiger partial charge in [0, 0.05) is 6.07 Å². The Hall–Kier alpha value is -1.23. The van der Waals surface area contributed by atoms with Gasteiger partial charge in [0.05, 0.1) is 6.42 Å². The Bertz CT molecular complexity index is 498. The standard InChI is InChI=1S/C12H13BrO4/c1-3-12(2)5-8(16)9-6(14)4-7(15)10(13)11(9)17-12/h4,14-15H,3,5H2,1-2H3. The first kappa shape index (κ1) is 12.2. The van der Waals surface area contributed by atoms with E-state index in [0.29, 0.717) is 10.9 Å². The number of benzene rings is 1. The smallest absolute Gasteiger partial charge is 0.174 e. The zero-order chi connectivity index (χ0) is 12.8. The third-order valence-corrected chi connectivity index (χ3v) is 3.86. The molecule has 0 saturated heterocycles. The molecule has 2 rings (SSSR count). The number of Topliss-reactive ketones (excluding diaryl/α,β-unsaturated/α-hetero) is 1. The molecule has 92 valence electrons. The maximum Gasteiger partial charge on any atom is 0.174 e. The zero-order valence-electron chi connectivity index (χ0n) is 9.58. The van der Waals surface area contributed by atoms with Crippen molar-refractivity contribution < 1.29 is 19.7 Å². The molecule has 0 radical (unpaired) electrons. The van der Waals surface area contributed by atoms with Crippen LogP contribution in [0.5, 0.6) is 17.2 Å². The lowest BCUT2D eigenvalue weighted by atomic mass is 9.89. The van der Waals surface area contributed by atoms with Crippen molar-refractivity contribution in [3.63, 3.8) is 0 Å². The fourth-order valence-electron chi connectivity index (χ4n) is 1.88. The summed E-state index contributed by atoms with van der Waals surface area (Å²) in [6.07, 6.45) is 0.891. The number of fused-ring (bicyclic) bond motifs is 1. The Balaban J connectivity index is 2.65. The van der Waals surface area contributed by atoms with Crippen LogP contribution in [0.25, 0.3) is 0 Å². The number of aromatic hydroxyl groups is 2. The molecule has 0 spiro atoms. The summed E-state index contributed by atoms with van der Waals surface area (Å²) in [6, 6.07) is 1.14. The Morgan fingerprint density at radius 1 is 1.47 bits per heavy atom. The summed E-state index contributed by atoms with van der Waals surface area (Å²) >= 11 is 3.17. The van der Waals surface area contributed by atoms with Crippen LogP contribution in [0.3, 0.4) is 0 Å². The fraction of sp³-hybridized carbons (Fsp3) is 0.417. The van der Waals surface area contributed by atoms with E-state index < -0.39 is 5.60 Å². The van der Waals surface area contributed by atoms with Crippen LogP contribution in [0, 0.1) is 0 Å². The molecule has 1 heterocycles. The van der Waals surface area contributed by atoms with Crippen molar-refractivity contribution >= 4 is 21.7 Å². The maximum absolute atomic E-state index is 12.0. The molecule has 17 heavy (non-hydrogen) atoms. The van der Waals surface area contributed by atoms with Gasteiger partial charge in [0.15, 0.2) is 11.5 Å². The molecule has 0 aliphatic carbocycles. The van der Waals surface area contributed by atoms with E-state index in [1.54, 1.807) is 0 Å². The van der Waals surface area contributed by atoms with Gasteiger partial charge in [-0.05, 0) is 29.3 Å². The van der Waals surface area contributed by atoms with Crippen molar-refractivity contribution in [1.82, 2.24) is 0 Å². The fourth-order valence-corrected chi connectivity index (χ4v) is 2.27. The van der Waals surface area contributed by atoms with Gasteiger partial charge in [-0.25, -0.2) is 0 Å². The average Bonchev–Trinajstić information content (AvgIpc) is 2.25. The van der Waals surface area contributed by atoms with Crippen LogP contribution < -0.4 is 4.74 Å². The van der Waals surface area contributed by atoms with Crippen LogP contribution in [0.15, 0.2) is 10.5 Å². The SMILES string of the molecule is CCC1(C)CC(=O)c2c(O)cc(O)c(Br)c2O1. The van der Waals surface area contributed by atoms with E-state index in [2.05, 4.69) is 15.9 Å². The molecule has 0 fully saturated rings. The molecule has 1 aromatic carbocycles. The lowest BCUT2D eigenvalue weighted by molar-refractivity contribution is 0.0486. The van der Waals surface area contributed by atoms with Gasteiger partial charge in [-0.2, -0.15) is 0 Å². The Kier molecular flexibility index (Phi) is 2.81. The van der Waals surface area contributed by atoms with Crippen LogP contribution in [0.1, 0.15) is 37.0 Å². The third-order valence-electron chi connectivity index (χ3n) is 3.09. The number of halogens is 1. The van der Waals surface area contributed by atoms with E-state index in [-0.39, 0.29) is 35.0 Å². The highest BCUT2D eigenvalue weighted by molar-refractivity contribution is 9.10.